The third-order valence-corrected chi connectivity index (χ3v) is 4.81. The lowest BCUT2D eigenvalue weighted by atomic mass is 10.1. The van der Waals surface area contributed by atoms with Crippen LogP contribution in [0.3, 0.4) is 0 Å². The molecule has 0 saturated carbocycles. The van der Waals surface area contributed by atoms with Gasteiger partial charge in [0.2, 0.25) is 0 Å². The quantitative estimate of drug-likeness (QED) is 0.299. The molecule has 0 unspecified atom stereocenters. The van der Waals surface area contributed by atoms with Crippen LogP contribution < -0.4 is 5.32 Å². The third kappa shape index (κ3) is 4.08. The number of hydrogen-bond donors (Lipinski definition) is 1. The van der Waals surface area contributed by atoms with Gasteiger partial charge in [-0.3, -0.25) is 14.9 Å². The highest BCUT2D eigenvalue weighted by atomic mass is 35.5. The predicted molar refractivity (Wildman–Crippen MR) is 105 cm³/mol. The Morgan fingerprint density at radius 2 is 1.74 bits per heavy atom. The van der Waals surface area contributed by atoms with Crippen LogP contribution in [0.1, 0.15) is 16.1 Å². The molecule has 0 fully saturated rings. The van der Waals surface area contributed by atoms with E-state index < -0.39 is 10.8 Å². The summed E-state index contributed by atoms with van der Waals surface area (Å²) in [4.78, 5) is 22.8. The summed E-state index contributed by atoms with van der Waals surface area (Å²) < 4.78 is 5.59. The van der Waals surface area contributed by atoms with Crippen LogP contribution in [-0.4, -0.2) is 10.8 Å². The van der Waals surface area contributed by atoms with Crippen LogP contribution in [0.2, 0.25) is 15.1 Å². The van der Waals surface area contributed by atoms with E-state index in [1.165, 1.54) is 30.3 Å². The van der Waals surface area contributed by atoms with E-state index in [0.29, 0.717) is 22.6 Å². The summed E-state index contributed by atoms with van der Waals surface area (Å²) in [7, 11) is 0. The molecule has 1 amide bonds. The number of furan rings is 1. The maximum Gasteiger partial charge on any atom is 0.291 e. The number of nitrogens with zero attached hydrogens (tertiary/aromatic N) is 1. The maximum absolute atomic E-state index is 12.4. The Kier molecular flexibility index (Phi) is 5.41. The molecule has 138 valence electrons. The van der Waals surface area contributed by atoms with E-state index in [4.69, 9.17) is 39.2 Å². The minimum atomic E-state index is -0.527. The first-order valence-electron chi connectivity index (χ1n) is 7.57. The van der Waals surface area contributed by atoms with Crippen LogP contribution in [-0.2, 0) is 0 Å². The van der Waals surface area contributed by atoms with Crippen molar-refractivity contribution in [1.29, 1.82) is 0 Å². The Bertz CT molecular complexity index is 1060. The maximum atomic E-state index is 12.4. The molecule has 0 radical (unpaired) electrons. The van der Waals surface area contributed by atoms with E-state index in [1.807, 2.05) is 0 Å². The van der Waals surface area contributed by atoms with Gasteiger partial charge in [0.05, 0.1) is 25.7 Å². The van der Waals surface area contributed by atoms with E-state index in [2.05, 4.69) is 5.32 Å². The zero-order valence-electron chi connectivity index (χ0n) is 13.8. The van der Waals surface area contributed by atoms with Crippen LogP contribution >= 0.6 is 34.8 Å². The lowest BCUT2D eigenvalue weighted by Gasteiger charge is -2.07. The Labute approximate surface area is 168 Å². The Hall–Kier alpha value is -2.54. The molecule has 1 heterocycles. The van der Waals surface area contributed by atoms with Crippen LogP contribution in [0.25, 0.3) is 11.3 Å². The highest BCUT2D eigenvalue weighted by Gasteiger charge is 2.17. The first kappa shape index (κ1) is 19.2. The summed E-state index contributed by atoms with van der Waals surface area (Å²) in [6, 6.07) is 10.4. The predicted octanol–water partition coefficient (Wildman–Crippen LogP) is 6.38. The molecular formula is C18H11Cl3N2O4. The smallest absolute Gasteiger partial charge is 0.291 e. The van der Waals surface area contributed by atoms with Gasteiger partial charge in [0, 0.05) is 17.7 Å². The fourth-order valence-electron chi connectivity index (χ4n) is 2.44. The molecule has 3 aromatic rings. The summed E-state index contributed by atoms with van der Waals surface area (Å²) in [5.74, 6) is -0.0706. The molecule has 2 aromatic carbocycles. The van der Waals surface area contributed by atoms with Crippen molar-refractivity contribution < 1.29 is 14.1 Å². The van der Waals surface area contributed by atoms with Gasteiger partial charge in [-0.25, -0.2) is 0 Å². The van der Waals surface area contributed by atoms with Gasteiger partial charge in [-0.05, 0) is 42.8 Å². The molecule has 9 heteroatoms. The first-order valence-corrected chi connectivity index (χ1v) is 8.71. The summed E-state index contributed by atoms with van der Waals surface area (Å²) in [5, 5.41) is 14.2. The average molecular weight is 426 g/mol. The number of nitro benzene ring substituents is 1. The van der Waals surface area contributed by atoms with Crippen molar-refractivity contribution in [3.05, 3.63) is 79.0 Å². The minimum Gasteiger partial charge on any atom is -0.451 e. The van der Waals surface area contributed by atoms with Crippen molar-refractivity contribution in [2.45, 2.75) is 6.92 Å². The minimum absolute atomic E-state index is 0.0185. The van der Waals surface area contributed by atoms with Gasteiger partial charge in [-0.2, -0.15) is 0 Å². The van der Waals surface area contributed by atoms with Crippen molar-refractivity contribution in [3.63, 3.8) is 0 Å². The number of rotatable bonds is 4. The average Bonchev–Trinajstić information content (AvgIpc) is 3.09. The number of carbonyl (C=O) groups excluding carboxylic acids is 1. The van der Waals surface area contributed by atoms with Gasteiger partial charge in [0.1, 0.15) is 5.76 Å². The zero-order chi connectivity index (χ0) is 19.7. The number of anilines is 1. The topological polar surface area (TPSA) is 85.4 Å². The SMILES string of the molecule is Cc1cc([N+](=O)[O-])ccc1-c1ccc(C(=O)Nc2cc(Cl)c(Cl)cc2Cl)o1. The van der Waals surface area contributed by atoms with Gasteiger partial charge >= 0.3 is 0 Å². The van der Waals surface area contributed by atoms with Gasteiger partial charge in [0.15, 0.2) is 5.76 Å². The molecule has 0 aliphatic carbocycles. The van der Waals surface area contributed by atoms with Gasteiger partial charge < -0.3 is 9.73 Å². The largest absolute Gasteiger partial charge is 0.451 e. The van der Waals surface area contributed by atoms with Gasteiger partial charge in [-0.15, -0.1) is 0 Å². The molecule has 1 N–H and O–H groups in total. The summed E-state index contributed by atoms with van der Waals surface area (Å²) in [6.45, 7) is 1.72. The molecule has 0 atom stereocenters. The van der Waals surface area contributed by atoms with Crippen molar-refractivity contribution in [1.82, 2.24) is 0 Å². The standard InChI is InChI=1S/C18H11Cl3N2O4/c1-9-6-10(23(25)26)2-3-11(9)16-4-5-17(27-16)18(24)22-15-8-13(20)12(19)7-14(15)21/h2-8H,1H3,(H,22,24). The van der Waals surface area contributed by atoms with Crippen molar-refractivity contribution in [3.8, 4) is 11.3 Å². The molecule has 3 rings (SSSR count). The lowest BCUT2D eigenvalue weighted by Crippen LogP contribution is -2.11. The van der Waals surface area contributed by atoms with Gasteiger partial charge in [0.25, 0.3) is 11.6 Å². The zero-order valence-corrected chi connectivity index (χ0v) is 16.0. The van der Waals surface area contributed by atoms with Gasteiger partial charge in [-0.1, -0.05) is 34.8 Å². The number of carbonyl (C=O) groups is 1. The van der Waals surface area contributed by atoms with E-state index in [0.717, 1.165) is 0 Å². The number of non-ortho nitro benzene ring substituents is 1. The van der Waals surface area contributed by atoms with Crippen molar-refractivity contribution in [2.75, 3.05) is 5.32 Å². The fourth-order valence-corrected chi connectivity index (χ4v) is 3.04. The van der Waals surface area contributed by atoms with E-state index in [9.17, 15) is 14.9 Å². The van der Waals surface area contributed by atoms with Crippen LogP contribution in [0.15, 0.2) is 46.9 Å². The van der Waals surface area contributed by atoms with Crippen LogP contribution in [0.5, 0.6) is 0 Å². The lowest BCUT2D eigenvalue weighted by molar-refractivity contribution is -0.384. The van der Waals surface area contributed by atoms with E-state index in [-0.39, 0.29) is 26.5 Å². The van der Waals surface area contributed by atoms with Crippen LogP contribution in [0.4, 0.5) is 11.4 Å². The molecule has 0 bridgehead atoms. The number of nitrogens with one attached hydrogen (secondary N) is 1. The normalized spacial score (nSPS) is 10.7. The van der Waals surface area contributed by atoms with Crippen molar-refractivity contribution >= 4 is 52.1 Å². The highest BCUT2D eigenvalue weighted by molar-refractivity contribution is 6.44. The van der Waals surface area contributed by atoms with E-state index >= 15 is 0 Å². The van der Waals surface area contributed by atoms with Crippen LogP contribution in [0, 0.1) is 17.0 Å². The number of halogens is 3. The van der Waals surface area contributed by atoms with Crippen molar-refractivity contribution in [2.24, 2.45) is 0 Å². The number of amides is 1. The molecule has 27 heavy (non-hydrogen) atoms. The fraction of sp³-hybridized carbons (Fsp3) is 0.0556. The highest BCUT2D eigenvalue weighted by Crippen LogP contribution is 2.33. The number of aryl methyl sites for hydroxylation is 1. The second-order valence-corrected chi connectivity index (χ2v) is 6.84. The molecule has 0 spiro atoms. The Morgan fingerprint density at radius 3 is 2.41 bits per heavy atom. The summed E-state index contributed by atoms with van der Waals surface area (Å²) >= 11 is 17.9. The molecule has 0 aliphatic heterocycles. The molecule has 0 aliphatic rings. The Balaban J connectivity index is 1.85. The number of benzene rings is 2. The summed E-state index contributed by atoms with van der Waals surface area (Å²) in [5.41, 5.74) is 1.57. The third-order valence-electron chi connectivity index (χ3n) is 3.77. The molecular weight excluding hydrogens is 415 g/mol. The molecule has 6 nitrogen and oxygen atoms in total. The molecule has 0 saturated heterocycles. The first-order chi connectivity index (χ1) is 12.8. The Morgan fingerprint density at radius 1 is 1.04 bits per heavy atom. The monoisotopic (exact) mass is 424 g/mol. The molecule has 1 aromatic heterocycles. The second-order valence-electron chi connectivity index (χ2n) is 5.62. The summed E-state index contributed by atoms with van der Waals surface area (Å²) in [6.07, 6.45) is 0. The second kappa shape index (κ2) is 7.60. The number of hydrogen-bond acceptors (Lipinski definition) is 4. The number of nitro groups is 1. The van der Waals surface area contributed by atoms with E-state index in [1.54, 1.807) is 19.1 Å².